The van der Waals surface area contributed by atoms with E-state index >= 15 is 0 Å². The molecule has 0 unspecified atom stereocenters. The lowest BCUT2D eigenvalue weighted by Gasteiger charge is -2.00. The quantitative estimate of drug-likeness (QED) is 0.872. The Hall–Kier alpha value is -1.54. The molecular weight excluding hydrogens is 288 g/mol. The Balaban J connectivity index is 2.30. The van der Waals surface area contributed by atoms with Crippen LogP contribution in [0.1, 0.15) is 11.4 Å². The Morgan fingerprint density at radius 1 is 1.33 bits per heavy atom. The number of halogens is 3. The summed E-state index contributed by atoms with van der Waals surface area (Å²) in [5.41, 5.74) is 0.0321. The standard InChI is InChI=1S/C9H6ClF2N3O2S/c10-18(16,17)9-13-7(14-15-9)4-5-2-1-3-6(11)8(5)12/h1-3H,4H2,(H,13,14,15). The highest BCUT2D eigenvalue weighted by Gasteiger charge is 2.17. The summed E-state index contributed by atoms with van der Waals surface area (Å²) >= 11 is 0. The van der Waals surface area contributed by atoms with Crippen LogP contribution in [0.4, 0.5) is 8.78 Å². The fraction of sp³-hybridized carbons (Fsp3) is 0.111. The van der Waals surface area contributed by atoms with Gasteiger partial charge in [-0.25, -0.2) is 22.2 Å². The van der Waals surface area contributed by atoms with Gasteiger partial charge in [0.25, 0.3) is 14.2 Å². The Kier molecular flexibility index (Phi) is 3.31. The van der Waals surface area contributed by atoms with E-state index in [0.717, 1.165) is 6.07 Å². The summed E-state index contributed by atoms with van der Waals surface area (Å²) in [6, 6.07) is 3.67. The summed E-state index contributed by atoms with van der Waals surface area (Å²) < 4.78 is 48.1. The first-order chi connectivity index (χ1) is 8.38. The Labute approximate surface area is 105 Å². The predicted octanol–water partition coefficient (Wildman–Crippen LogP) is 1.60. The third-order valence-electron chi connectivity index (χ3n) is 2.12. The molecule has 0 aliphatic carbocycles. The molecule has 9 heteroatoms. The van der Waals surface area contributed by atoms with E-state index in [1.54, 1.807) is 0 Å². The Morgan fingerprint density at radius 3 is 2.67 bits per heavy atom. The first kappa shape index (κ1) is 12.9. The zero-order valence-electron chi connectivity index (χ0n) is 8.69. The fourth-order valence-electron chi connectivity index (χ4n) is 1.33. The van der Waals surface area contributed by atoms with Gasteiger partial charge in [-0.2, -0.15) is 0 Å². The molecule has 0 atom stereocenters. The molecule has 5 nitrogen and oxygen atoms in total. The number of hydrogen-bond donors (Lipinski definition) is 1. The Bertz CT molecular complexity index is 687. The fourth-order valence-corrected chi connectivity index (χ4v) is 1.91. The van der Waals surface area contributed by atoms with Crippen molar-refractivity contribution in [3.05, 3.63) is 41.2 Å². The van der Waals surface area contributed by atoms with E-state index in [4.69, 9.17) is 10.7 Å². The highest BCUT2D eigenvalue weighted by Crippen LogP contribution is 2.15. The number of aromatic amines is 1. The van der Waals surface area contributed by atoms with Gasteiger partial charge in [-0.3, -0.25) is 5.10 Å². The number of hydrogen-bond acceptors (Lipinski definition) is 4. The van der Waals surface area contributed by atoms with Gasteiger partial charge in [-0.05, 0) is 11.6 Å². The molecule has 2 rings (SSSR count). The van der Waals surface area contributed by atoms with Crippen LogP contribution in [-0.4, -0.2) is 23.6 Å². The molecule has 1 N–H and O–H groups in total. The molecule has 96 valence electrons. The molecule has 0 aliphatic rings. The number of rotatable bonds is 3. The van der Waals surface area contributed by atoms with Gasteiger partial charge < -0.3 is 0 Å². The summed E-state index contributed by atoms with van der Waals surface area (Å²) in [5, 5.41) is 5.06. The summed E-state index contributed by atoms with van der Waals surface area (Å²) in [7, 11) is 0.983. The second-order valence-corrected chi connectivity index (χ2v) is 5.85. The summed E-state index contributed by atoms with van der Waals surface area (Å²) in [4.78, 5) is 3.57. The molecule has 1 aromatic heterocycles. The Morgan fingerprint density at radius 2 is 2.06 bits per heavy atom. The van der Waals surface area contributed by atoms with E-state index in [-0.39, 0.29) is 17.8 Å². The lowest BCUT2D eigenvalue weighted by atomic mass is 10.1. The monoisotopic (exact) mass is 293 g/mol. The summed E-state index contributed by atoms with van der Waals surface area (Å²) in [6.45, 7) is 0. The molecule has 0 amide bonds. The van der Waals surface area contributed by atoms with Crippen LogP contribution >= 0.6 is 10.7 Å². The smallest absolute Gasteiger partial charge is 0.262 e. The first-order valence-electron chi connectivity index (χ1n) is 4.67. The van der Waals surface area contributed by atoms with Crippen molar-refractivity contribution in [3.8, 4) is 0 Å². The van der Waals surface area contributed by atoms with Crippen LogP contribution in [0.15, 0.2) is 23.4 Å². The summed E-state index contributed by atoms with van der Waals surface area (Å²) in [6.07, 6.45) is -0.122. The van der Waals surface area contributed by atoms with Gasteiger partial charge in [0.15, 0.2) is 11.6 Å². The van der Waals surface area contributed by atoms with Crippen molar-refractivity contribution in [2.75, 3.05) is 0 Å². The van der Waals surface area contributed by atoms with Crippen LogP contribution in [0.2, 0.25) is 0 Å². The van der Waals surface area contributed by atoms with E-state index < -0.39 is 25.8 Å². The van der Waals surface area contributed by atoms with Crippen molar-refractivity contribution in [1.29, 1.82) is 0 Å². The summed E-state index contributed by atoms with van der Waals surface area (Å²) in [5.74, 6) is -1.93. The van der Waals surface area contributed by atoms with E-state index in [0.29, 0.717) is 0 Å². The zero-order valence-corrected chi connectivity index (χ0v) is 10.3. The largest absolute Gasteiger partial charge is 0.298 e. The molecule has 1 aromatic carbocycles. The molecule has 0 spiro atoms. The van der Waals surface area contributed by atoms with Gasteiger partial charge in [-0.15, -0.1) is 5.10 Å². The zero-order chi connectivity index (χ0) is 13.3. The molecule has 0 bridgehead atoms. The molecule has 0 radical (unpaired) electrons. The number of benzene rings is 1. The van der Waals surface area contributed by atoms with E-state index in [1.807, 2.05) is 0 Å². The highest BCUT2D eigenvalue weighted by molar-refractivity contribution is 8.13. The lowest BCUT2D eigenvalue weighted by molar-refractivity contribution is 0.500. The topological polar surface area (TPSA) is 75.7 Å². The second-order valence-electron chi connectivity index (χ2n) is 3.39. The number of nitrogens with one attached hydrogen (secondary N) is 1. The molecular formula is C9H6ClF2N3O2S. The van der Waals surface area contributed by atoms with Crippen molar-refractivity contribution in [2.45, 2.75) is 11.6 Å². The lowest BCUT2D eigenvalue weighted by Crippen LogP contribution is -1.98. The number of nitrogens with zero attached hydrogens (tertiary/aromatic N) is 2. The van der Waals surface area contributed by atoms with Crippen molar-refractivity contribution < 1.29 is 17.2 Å². The minimum atomic E-state index is -4.04. The molecule has 0 saturated heterocycles. The van der Waals surface area contributed by atoms with Gasteiger partial charge in [0.05, 0.1) is 0 Å². The number of H-pyrrole nitrogens is 1. The highest BCUT2D eigenvalue weighted by atomic mass is 35.7. The van der Waals surface area contributed by atoms with Crippen molar-refractivity contribution in [1.82, 2.24) is 15.2 Å². The van der Waals surface area contributed by atoms with Gasteiger partial charge in [-0.1, -0.05) is 12.1 Å². The molecule has 18 heavy (non-hydrogen) atoms. The SMILES string of the molecule is O=S(=O)(Cl)c1n[nH]c(Cc2cccc(F)c2F)n1. The van der Waals surface area contributed by atoms with E-state index in [1.165, 1.54) is 12.1 Å². The van der Waals surface area contributed by atoms with Crippen LogP contribution in [0.3, 0.4) is 0 Å². The van der Waals surface area contributed by atoms with Crippen LogP contribution in [0.25, 0.3) is 0 Å². The van der Waals surface area contributed by atoms with Crippen molar-refractivity contribution >= 4 is 19.7 Å². The molecule has 1 heterocycles. The minimum Gasteiger partial charge on any atom is -0.262 e. The van der Waals surface area contributed by atoms with Gasteiger partial charge in [0, 0.05) is 17.1 Å². The van der Waals surface area contributed by atoms with Crippen molar-refractivity contribution in [2.24, 2.45) is 0 Å². The molecule has 0 saturated carbocycles. The number of aromatic nitrogens is 3. The van der Waals surface area contributed by atoms with E-state index in [2.05, 4.69) is 15.2 Å². The average Bonchev–Trinajstić information content (AvgIpc) is 2.73. The molecule has 0 fully saturated rings. The van der Waals surface area contributed by atoms with Gasteiger partial charge in [0.1, 0.15) is 5.82 Å². The first-order valence-corrected chi connectivity index (χ1v) is 6.97. The van der Waals surface area contributed by atoms with Gasteiger partial charge >= 0.3 is 0 Å². The van der Waals surface area contributed by atoms with Crippen LogP contribution in [0, 0.1) is 11.6 Å². The normalized spacial score (nSPS) is 11.7. The maximum absolute atomic E-state index is 13.3. The third-order valence-corrected chi connectivity index (χ3v) is 3.15. The maximum atomic E-state index is 13.3. The maximum Gasteiger partial charge on any atom is 0.298 e. The van der Waals surface area contributed by atoms with E-state index in [9.17, 15) is 17.2 Å². The van der Waals surface area contributed by atoms with Crippen LogP contribution < -0.4 is 0 Å². The average molecular weight is 294 g/mol. The third kappa shape index (κ3) is 2.65. The minimum absolute atomic E-state index is 0.0321. The second kappa shape index (κ2) is 4.62. The van der Waals surface area contributed by atoms with Crippen LogP contribution in [-0.2, 0) is 15.5 Å². The van der Waals surface area contributed by atoms with Crippen molar-refractivity contribution in [3.63, 3.8) is 0 Å². The van der Waals surface area contributed by atoms with Crippen LogP contribution in [0.5, 0.6) is 0 Å². The predicted molar refractivity (Wildman–Crippen MR) is 58.6 cm³/mol. The molecule has 2 aromatic rings. The molecule has 0 aliphatic heterocycles. The van der Waals surface area contributed by atoms with Gasteiger partial charge in [0.2, 0.25) is 0 Å².